The van der Waals surface area contributed by atoms with Gasteiger partial charge in [-0.25, -0.2) is 0 Å². The highest BCUT2D eigenvalue weighted by Crippen LogP contribution is 2.13. The van der Waals surface area contributed by atoms with Gasteiger partial charge in [0.25, 0.3) is 0 Å². The molecule has 0 aliphatic rings. The summed E-state index contributed by atoms with van der Waals surface area (Å²) in [7, 11) is 0. The van der Waals surface area contributed by atoms with Gasteiger partial charge < -0.3 is 5.73 Å². The molecule has 14 heavy (non-hydrogen) atoms. The number of halogens is 1. The fourth-order valence-corrected chi connectivity index (χ4v) is 1.84. The molecule has 1 aromatic heterocycles. The van der Waals surface area contributed by atoms with Crippen molar-refractivity contribution in [2.24, 2.45) is 11.7 Å². The molecule has 2 N–H and O–H groups in total. The van der Waals surface area contributed by atoms with Crippen LogP contribution in [0.1, 0.15) is 26.0 Å². The second kappa shape index (κ2) is 5.47. The summed E-state index contributed by atoms with van der Waals surface area (Å²) in [6, 6.07) is 4.36. The molecule has 0 saturated carbocycles. The van der Waals surface area contributed by atoms with Gasteiger partial charge in [-0.3, -0.25) is 4.98 Å². The van der Waals surface area contributed by atoms with Gasteiger partial charge in [0.15, 0.2) is 0 Å². The molecule has 0 spiro atoms. The third-order valence-corrected chi connectivity index (χ3v) is 2.59. The van der Waals surface area contributed by atoms with E-state index >= 15 is 0 Å². The third-order valence-electron chi connectivity index (χ3n) is 2.12. The number of aromatic nitrogens is 1. The Balaban J connectivity index is 2.47. The lowest BCUT2D eigenvalue weighted by Crippen LogP contribution is -2.19. The molecule has 0 radical (unpaired) electrons. The van der Waals surface area contributed by atoms with Gasteiger partial charge in [-0.05, 0) is 53.7 Å². The highest BCUT2D eigenvalue weighted by atomic mass is 79.9. The van der Waals surface area contributed by atoms with Gasteiger partial charge in [0.05, 0.1) is 0 Å². The van der Waals surface area contributed by atoms with Crippen molar-refractivity contribution in [3.63, 3.8) is 0 Å². The molecule has 0 aromatic carbocycles. The lowest BCUT2D eigenvalue weighted by Gasteiger charge is -2.13. The molecular formula is C11H17BrN2. The second-order valence-corrected chi connectivity index (χ2v) is 4.91. The van der Waals surface area contributed by atoms with Crippen molar-refractivity contribution >= 4 is 15.9 Å². The molecule has 3 heteroatoms. The van der Waals surface area contributed by atoms with Crippen LogP contribution in [0.2, 0.25) is 0 Å². The fraction of sp³-hybridized carbons (Fsp3) is 0.545. The molecular weight excluding hydrogens is 240 g/mol. The summed E-state index contributed by atoms with van der Waals surface area (Å²) >= 11 is 3.37. The summed E-state index contributed by atoms with van der Waals surface area (Å²) < 4.78 is 1.03. The summed E-state index contributed by atoms with van der Waals surface area (Å²) in [5, 5.41) is 0. The van der Waals surface area contributed by atoms with Gasteiger partial charge >= 0.3 is 0 Å². The van der Waals surface area contributed by atoms with Crippen molar-refractivity contribution in [2.45, 2.75) is 32.7 Å². The van der Waals surface area contributed by atoms with Gasteiger partial charge in [-0.2, -0.15) is 0 Å². The minimum absolute atomic E-state index is 0.278. The smallest absolute Gasteiger partial charge is 0.0413 e. The average Bonchev–Trinajstić information content (AvgIpc) is 2.07. The van der Waals surface area contributed by atoms with Crippen LogP contribution in [0.25, 0.3) is 0 Å². The molecule has 78 valence electrons. The zero-order chi connectivity index (χ0) is 10.6. The van der Waals surface area contributed by atoms with E-state index in [1.165, 1.54) is 0 Å². The summed E-state index contributed by atoms with van der Waals surface area (Å²) in [6.45, 7) is 4.26. The number of rotatable bonds is 4. The Kier molecular flexibility index (Phi) is 4.55. The minimum atomic E-state index is 0.278. The summed E-state index contributed by atoms with van der Waals surface area (Å²) in [5.41, 5.74) is 6.88. The first kappa shape index (κ1) is 11.7. The summed E-state index contributed by atoms with van der Waals surface area (Å²) in [4.78, 5) is 4.34. The van der Waals surface area contributed by atoms with Crippen LogP contribution in [0.3, 0.4) is 0 Å². The highest BCUT2D eigenvalue weighted by Gasteiger charge is 2.06. The van der Waals surface area contributed by atoms with E-state index in [0.717, 1.165) is 23.0 Å². The second-order valence-electron chi connectivity index (χ2n) is 3.99. The van der Waals surface area contributed by atoms with Gasteiger partial charge in [-0.1, -0.05) is 6.92 Å². The Bertz CT molecular complexity index is 269. The van der Waals surface area contributed by atoms with Crippen LogP contribution in [0.4, 0.5) is 0 Å². The van der Waals surface area contributed by atoms with Crippen molar-refractivity contribution < 1.29 is 0 Å². The van der Waals surface area contributed by atoms with Crippen LogP contribution in [0.15, 0.2) is 22.8 Å². The molecule has 2 atom stereocenters. The quantitative estimate of drug-likeness (QED) is 0.900. The summed E-state index contributed by atoms with van der Waals surface area (Å²) in [6.07, 6.45) is 3.90. The van der Waals surface area contributed by atoms with Crippen LogP contribution < -0.4 is 5.73 Å². The maximum absolute atomic E-state index is 5.74. The first-order valence-electron chi connectivity index (χ1n) is 4.94. The highest BCUT2D eigenvalue weighted by molar-refractivity contribution is 9.10. The summed E-state index contributed by atoms with van der Waals surface area (Å²) in [5.74, 6) is 0.601. The van der Waals surface area contributed by atoms with Crippen molar-refractivity contribution in [2.75, 3.05) is 0 Å². The van der Waals surface area contributed by atoms with Crippen LogP contribution in [0.5, 0.6) is 0 Å². The number of hydrogen-bond donors (Lipinski definition) is 1. The van der Waals surface area contributed by atoms with Crippen molar-refractivity contribution in [3.8, 4) is 0 Å². The first-order valence-corrected chi connectivity index (χ1v) is 5.73. The molecule has 0 bridgehead atoms. The largest absolute Gasteiger partial charge is 0.328 e. The Labute approximate surface area is 94.0 Å². The van der Waals surface area contributed by atoms with Crippen molar-refractivity contribution in [1.82, 2.24) is 4.98 Å². The van der Waals surface area contributed by atoms with E-state index < -0.39 is 0 Å². The van der Waals surface area contributed by atoms with Crippen LogP contribution in [0, 0.1) is 5.92 Å². The average molecular weight is 257 g/mol. The maximum Gasteiger partial charge on any atom is 0.0413 e. The van der Waals surface area contributed by atoms with Crippen molar-refractivity contribution in [1.29, 1.82) is 0 Å². The third kappa shape index (κ3) is 4.20. The van der Waals surface area contributed by atoms with Crippen LogP contribution in [-0.2, 0) is 6.42 Å². The van der Waals surface area contributed by atoms with Gasteiger partial charge in [-0.15, -0.1) is 0 Å². The van der Waals surface area contributed by atoms with E-state index in [9.17, 15) is 0 Å². The van der Waals surface area contributed by atoms with Crippen LogP contribution in [-0.4, -0.2) is 11.0 Å². The number of nitrogens with zero attached hydrogens (tertiary/aromatic N) is 1. The number of hydrogen-bond acceptors (Lipinski definition) is 2. The van der Waals surface area contributed by atoms with E-state index in [2.05, 4.69) is 33.9 Å². The predicted octanol–water partition coefficient (Wildman–Crippen LogP) is 2.76. The standard InChI is InChI=1S/C11H17BrN2/c1-8(5-9(2)13)6-11-4-3-10(12)7-14-11/h3-4,7-9H,5-6,13H2,1-2H3. The lowest BCUT2D eigenvalue weighted by atomic mass is 9.98. The van der Waals surface area contributed by atoms with E-state index in [-0.39, 0.29) is 6.04 Å². The zero-order valence-corrected chi connectivity index (χ0v) is 10.3. The minimum Gasteiger partial charge on any atom is -0.328 e. The van der Waals surface area contributed by atoms with Gasteiger partial charge in [0.2, 0.25) is 0 Å². The molecule has 1 aromatic rings. The molecule has 0 aliphatic heterocycles. The van der Waals surface area contributed by atoms with E-state index in [1.807, 2.05) is 19.2 Å². The lowest BCUT2D eigenvalue weighted by molar-refractivity contribution is 0.475. The number of nitrogens with two attached hydrogens (primary N) is 1. The van der Waals surface area contributed by atoms with E-state index in [4.69, 9.17) is 5.73 Å². The monoisotopic (exact) mass is 256 g/mol. The van der Waals surface area contributed by atoms with E-state index in [0.29, 0.717) is 5.92 Å². The Hall–Kier alpha value is -0.410. The normalized spacial score (nSPS) is 15.1. The molecule has 0 fully saturated rings. The Morgan fingerprint density at radius 2 is 2.14 bits per heavy atom. The Morgan fingerprint density at radius 1 is 1.43 bits per heavy atom. The molecule has 1 heterocycles. The molecule has 0 amide bonds. The fourth-order valence-electron chi connectivity index (χ4n) is 1.60. The Morgan fingerprint density at radius 3 is 2.64 bits per heavy atom. The predicted molar refractivity (Wildman–Crippen MR) is 63.1 cm³/mol. The number of pyridine rings is 1. The maximum atomic E-state index is 5.74. The molecule has 2 nitrogen and oxygen atoms in total. The molecule has 2 unspecified atom stereocenters. The van der Waals surface area contributed by atoms with Crippen LogP contribution >= 0.6 is 15.9 Å². The first-order chi connectivity index (χ1) is 6.58. The van der Waals surface area contributed by atoms with Gasteiger partial charge in [0.1, 0.15) is 0 Å². The topological polar surface area (TPSA) is 38.9 Å². The SMILES string of the molecule is CC(N)CC(C)Cc1ccc(Br)cn1. The van der Waals surface area contributed by atoms with E-state index in [1.54, 1.807) is 0 Å². The molecule has 1 rings (SSSR count). The van der Waals surface area contributed by atoms with Crippen molar-refractivity contribution in [3.05, 3.63) is 28.5 Å². The molecule has 0 aliphatic carbocycles. The zero-order valence-electron chi connectivity index (χ0n) is 8.70. The van der Waals surface area contributed by atoms with Gasteiger partial charge in [0, 0.05) is 22.4 Å². The molecule has 0 saturated heterocycles.